The molecule has 0 bridgehead atoms. The second-order valence-electron chi connectivity index (χ2n) is 8.92. The van der Waals surface area contributed by atoms with E-state index in [-0.39, 0.29) is 11.8 Å². The molecule has 0 spiro atoms. The number of aromatic nitrogens is 2. The smallest absolute Gasteiger partial charge is 0.241 e. The van der Waals surface area contributed by atoms with Crippen LogP contribution in [0.25, 0.3) is 11.4 Å². The lowest BCUT2D eigenvalue weighted by Gasteiger charge is -2.30. The zero-order valence-electron chi connectivity index (χ0n) is 20.7. The van der Waals surface area contributed by atoms with E-state index < -0.39 is 0 Å². The van der Waals surface area contributed by atoms with Crippen LogP contribution in [0.15, 0.2) is 71.3 Å². The number of carbonyl (C=O) groups is 1. The zero-order chi connectivity index (χ0) is 26.5. The van der Waals surface area contributed by atoms with Crippen LogP contribution in [0, 0.1) is 5.92 Å². The SMILES string of the molecule is COc1ccccc1Oc1ccc(Cl)cc1NC(=O)C1CCN(Cc2nc(-c3ccccc3Cl)no2)CC1. The van der Waals surface area contributed by atoms with Crippen molar-refractivity contribution in [3.05, 3.63) is 82.7 Å². The van der Waals surface area contributed by atoms with Gasteiger partial charge in [0.05, 0.1) is 24.4 Å². The summed E-state index contributed by atoms with van der Waals surface area (Å²) in [6.45, 7) is 1.96. The van der Waals surface area contributed by atoms with E-state index in [0.29, 0.717) is 64.1 Å². The predicted molar refractivity (Wildman–Crippen MR) is 146 cm³/mol. The third kappa shape index (κ3) is 6.10. The Morgan fingerprint density at radius 2 is 1.76 bits per heavy atom. The molecule has 1 aromatic heterocycles. The van der Waals surface area contributed by atoms with Crippen molar-refractivity contribution in [3.63, 3.8) is 0 Å². The van der Waals surface area contributed by atoms with Gasteiger partial charge in [-0.1, -0.05) is 52.6 Å². The number of hydrogen-bond donors (Lipinski definition) is 1. The van der Waals surface area contributed by atoms with Crippen molar-refractivity contribution >= 4 is 34.8 Å². The van der Waals surface area contributed by atoms with Crippen molar-refractivity contribution in [2.24, 2.45) is 5.92 Å². The summed E-state index contributed by atoms with van der Waals surface area (Å²) in [6, 6.07) is 19.8. The molecule has 3 aromatic carbocycles. The fraction of sp³-hybridized carbons (Fsp3) is 0.250. The summed E-state index contributed by atoms with van der Waals surface area (Å²) >= 11 is 12.5. The van der Waals surface area contributed by atoms with Crippen molar-refractivity contribution in [2.75, 3.05) is 25.5 Å². The van der Waals surface area contributed by atoms with E-state index in [9.17, 15) is 4.79 Å². The first-order valence-electron chi connectivity index (χ1n) is 12.2. The number of likely N-dealkylation sites (tertiary alicyclic amines) is 1. The number of rotatable bonds is 8. The van der Waals surface area contributed by atoms with Crippen LogP contribution in [-0.2, 0) is 11.3 Å². The third-order valence-corrected chi connectivity index (χ3v) is 6.95. The summed E-state index contributed by atoms with van der Waals surface area (Å²) in [4.78, 5) is 19.8. The Hall–Kier alpha value is -3.59. The molecule has 0 atom stereocenters. The highest BCUT2D eigenvalue weighted by Crippen LogP contribution is 2.37. The standard InChI is InChI=1S/C28H26Cl2N4O4/c1-36-24-8-4-5-9-25(24)37-23-11-10-19(29)16-22(23)31-28(35)18-12-14-34(15-13-18)17-26-32-27(33-38-26)20-6-2-3-7-21(20)30/h2-11,16,18H,12-15,17H2,1H3,(H,31,35). The number of nitrogens with one attached hydrogen (secondary N) is 1. The van der Waals surface area contributed by atoms with E-state index in [1.165, 1.54) is 0 Å². The van der Waals surface area contributed by atoms with Crippen LogP contribution in [0.1, 0.15) is 18.7 Å². The molecule has 1 aliphatic rings. The number of ether oxygens (including phenoxy) is 2. The minimum absolute atomic E-state index is 0.0735. The van der Waals surface area contributed by atoms with Crippen molar-refractivity contribution in [3.8, 4) is 28.6 Å². The number of benzene rings is 3. The molecule has 2 heterocycles. The minimum Gasteiger partial charge on any atom is -0.493 e. The lowest BCUT2D eigenvalue weighted by atomic mass is 9.96. The van der Waals surface area contributed by atoms with Gasteiger partial charge in [0.15, 0.2) is 17.2 Å². The first-order valence-corrected chi connectivity index (χ1v) is 13.0. The van der Waals surface area contributed by atoms with Crippen LogP contribution in [0.2, 0.25) is 10.0 Å². The van der Waals surface area contributed by atoms with Crippen LogP contribution in [0.4, 0.5) is 5.69 Å². The second kappa shape index (κ2) is 11.9. The monoisotopic (exact) mass is 552 g/mol. The molecule has 196 valence electrons. The molecule has 1 N–H and O–H groups in total. The summed E-state index contributed by atoms with van der Waals surface area (Å²) in [5.74, 6) is 2.37. The lowest BCUT2D eigenvalue weighted by molar-refractivity contribution is -0.121. The normalized spacial score (nSPS) is 14.3. The van der Waals surface area contributed by atoms with E-state index in [1.54, 1.807) is 37.4 Å². The number of hydrogen-bond acceptors (Lipinski definition) is 7. The van der Waals surface area contributed by atoms with Gasteiger partial charge in [0.25, 0.3) is 0 Å². The van der Waals surface area contributed by atoms with Crippen LogP contribution in [0.3, 0.4) is 0 Å². The zero-order valence-corrected chi connectivity index (χ0v) is 22.2. The van der Waals surface area contributed by atoms with E-state index in [4.69, 9.17) is 37.2 Å². The Labute approximate surface area is 230 Å². The maximum atomic E-state index is 13.2. The van der Waals surface area contributed by atoms with Gasteiger partial charge >= 0.3 is 0 Å². The molecule has 4 aromatic rings. The maximum absolute atomic E-state index is 13.2. The molecule has 1 amide bonds. The van der Waals surface area contributed by atoms with Crippen LogP contribution < -0.4 is 14.8 Å². The van der Waals surface area contributed by atoms with Gasteiger partial charge in [0, 0.05) is 16.5 Å². The second-order valence-corrected chi connectivity index (χ2v) is 9.77. The van der Waals surface area contributed by atoms with Crippen molar-refractivity contribution < 1.29 is 18.8 Å². The average Bonchev–Trinajstić information content (AvgIpc) is 3.39. The van der Waals surface area contributed by atoms with Gasteiger partial charge in [-0.2, -0.15) is 4.98 Å². The highest BCUT2D eigenvalue weighted by molar-refractivity contribution is 6.33. The number of anilines is 1. The van der Waals surface area contributed by atoms with Crippen molar-refractivity contribution in [2.45, 2.75) is 19.4 Å². The molecule has 1 aliphatic heterocycles. The van der Waals surface area contributed by atoms with E-state index in [0.717, 1.165) is 18.7 Å². The molecular weight excluding hydrogens is 527 g/mol. The Bertz CT molecular complexity index is 1420. The molecule has 0 unspecified atom stereocenters. The molecule has 10 heteroatoms. The summed E-state index contributed by atoms with van der Waals surface area (Å²) in [5.41, 5.74) is 1.24. The maximum Gasteiger partial charge on any atom is 0.241 e. The molecule has 0 aliphatic carbocycles. The third-order valence-electron chi connectivity index (χ3n) is 6.39. The van der Waals surface area contributed by atoms with Crippen LogP contribution in [-0.4, -0.2) is 41.1 Å². The predicted octanol–water partition coefficient (Wildman–Crippen LogP) is 6.70. The van der Waals surface area contributed by atoms with Gasteiger partial charge in [-0.15, -0.1) is 0 Å². The van der Waals surface area contributed by atoms with Crippen LogP contribution >= 0.6 is 23.2 Å². The Morgan fingerprint density at radius 1 is 1.03 bits per heavy atom. The Morgan fingerprint density at radius 3 is 2.53 bits per heavy atom. The fourth-order valence-corrected chi connectivity index (χ4v) is 4.75. The van der Waals surface area contributed by atoms with Gasteiger partial charge in [-0.25, -0.2) is 0 Å². The van der Waals surface area contributed by atoms with Gasteiger partial charge in [-0.05, 0) is 68.4 Å². The molecule has 1 saturated heterocycles. The Kier molecular flexibility index (Phi) is 8.12. The largest absolute Gasteiger partial charge is 0.493 e. The highest BCUT2D eigenvalue weighted by atomic mass is 35.5. The summed E-state index contributed by atoms with van der Waals surface area (Å²) in [6.07, 6.45) is 1.39. The first-order chi connectivity index (χ1) is 18.5. The van der Waals surface area contributed by atoms with E-state index >= 15 is 0 Å². The van der Waals surface area contributed by atoms with Gasteiger partial charge in [-0.3, -0.25) is 9.69 Å². The quantitative estimate of drug-likeness (QED) is 0.260. The summed E-state index contributed by atoms with van der Waals surface area (Å²) in [5, 5.41) is 8.15. The lowest BCUT2D eigenvalue weighted by Crippen LogP contribution is -2.37. The van der Waals surface area contributed by atoms with E-state index in [1.807, 2.05) is 36.4 Å². The Balaban J connectivity index is 1.19. The molecule has 0 saturated carbocycles. The van der Waals surface area contributed by atoms with Crippen molar-refractivity contribution in [1.29, 1.82) is 0 Å². The van der Waals surface area contributed by atoms with Crippen molar-refractivity contribution in [1.82, 2.24) is 15.0 Å². The first kappa shape index (κ1) is 26.0. The summed E-state index contributed by atoms with van der Waals surface area (Å²) < 4.78 is 16.9. The number of carbonyl (C=O) groups excluding carboxylic acids is 1. The average molecular weight is 553 g/mol. The van der Waals surface area contributed by atoms with Crippen LogP contribution in [0.5, 0.6) is 17.2 Å². The minimum atomic E-state index is -0.147. The fourth-order valence-electron chi connectivity index (χ4n) is 4.36. The van der Waals surface area contributed by atoms with E-state index in [2.05, 4.69) is 20.4 Å². The molecule has 1 fully saturated rings. The van der Waals surface area contributed by atoms with Gasteiger partial charge in [0.2, 0.25) is 17.6 Å². The number of nitrogens with zero attached hydrogens (tertiary/aromatic N) is 3. The number of piperidine rings is 1. The highest BCUT2D eigenvalue weighted by Gasteiger charge is 2.27. The number of methoxy groups -OCH3 is 1. The number of amides is 1. The number of halogens is 2. The molecule has 38 heavy (non-hydrogen) atoms. The van der Waals surface area contributed by atoms with Gasteiger partial charge in [0.1, 0.15) is 0 Å². The number of para-hydroxylation sites is 2. The molecule has 0 radical (unpaired) electrons. The van der Waals surface area contributed by atoms with Gasteiger partial charge < -0.3 is 19.3 Å². The molecule has 5 rings (SSSR count). The molecular formula is C28H26Cl2N4O4. The summed E-state index contributed by atoms with van der Waals surface area (Å²) in [7, 11) is 1.58. The topological polar surface area (TPSA) is 89.7 Å². The molecule has 8 nitrogen and oxygen atoms in total.